The molecule has 0 saturated heterocycles. The van der Waals surface area contributed by atoms with Crippen molar-refractivity contribution in [3.05, 3.63) is 40.9 Å². The molecule has 0 aliphatic rings. The van der Waals surface area contributed by atoms with Gasteiger partial charge >= 0.3 is 0 Å². The third-order valence-corrected chi connectivity index (χ3v) is 3.53. The highest BCUT2D eigenvalue weighted by atomic mass is 32.2. The first kappa shape index (κ1) is 13.0. The SMILES string of the molecule is NNc1ccncc1S(=O)(=O)Nc1ccc(=O)[nH]n1. The van der Waals surface area contributed by atoms with Gasteiger partial charge in [-0.1, -0.05) is 0 Å². The molecule has 0 aliphatic carbocycles. The molecule has 19 heavy (non-hydrogen) atoms. The molecule has 0 spiro atoms. The average Bonchev–Trinajstić information content (AvgIpc) is 2.41. The number of hydrogen-bond acceptors (Lipinski definition) is 7. The van der Waals surface area contributed by atoms with E-state index in [0.717, 1.165) is 12.3 Å². The molecule has 5 N–H and O–H groups in total. The second-order valence-electron chi connectivity index (χ2n) is 3.43. The fourth-order valence-electron chi connectivity index (χ4n) is 1.31. The number of H-pyrrole nitrogens is 1. The number of anilines is 2. The number of rotatable bonds is 4. The lowest BCUT2D eigenvalue weighted by Gasteiger charge is -2.10. The Balaban J connectivity index is 2.37. The summed E-state index contributed by atoms with van der Waals surface area (Å²) in [5, 5.41) is 5.66. The van der Waals surface area contributed by atoms with Crippen LogP contribution in [0.4, 0.5) is 11.5 Å². The molecule has 0 amide bonds. The first-order valence-electron chi connectivity index (χ1n) is 5.02. The zero-order chi connectivity index (χ0) is 13.9. The highest BCUT2D eigenvalue weighted by Gasteiger charge is 2.19. The maximum atomic E-state index is 12.1. The summed E-state index contributed by atoms with van der Waals surface area (Å²) < 4.78 is 26.4. The summed E-state index contributed by atoms with van der Waals surface area (Å²) in [4.78, 5) is 14.4. The third kappa shape index (κ3) is 2.86. The van der Waals surface area contributed by atoms with Crippen molar-refractivity contribution in [2.75, 3.05) is 10.1 Å². The molecule has 0 fully saturated rings. The monoisotopic (exact) mass is 282 g/mol. The molecule has 2 rings (SSSR count). The molecule has 100 valence electrons. The van der Waals surface area contributed by atoms with E-state index in [1.165, 1.54) is 18.3 Å². The van der Waals surface area contributed by atoms with E-state index in [1.807, 2.05) is 0 Å². The normalized spacial score (nSPS) is 11.0. The van der Waals surface area contributed by atoms with Crippen LogP contribution in [-0.2, 0) is 10.0 Å². The Morgan fingerprint density at radius 1 is 1.26 bits per heavy atom. The minimum absolute atomic E-state index is 0.0218. The van der Waals surface area contributed by atoms with E-state index in [-0.39, 0.29) is 16.4 Å². The number of nitrogen functional groups attached to an aromatic ring is 1. The van der Waals surface area contributed by atoms with E-state index in [4.69, 9.17) is 5.84 Å². The molecule has 2 aromatic rings. The van der Waals surface area contributed by atoms with Crippen molar-refractivity contribution in [3.63, 3.8) is 0 Å². The van der Waals surface area contributed by atoms with Gasteiger partial charge in [-0.3, -0.25) is 20.3 Å². The zero-order valence-electron chi connectivity index (χ0n) is 9.49. The van der Waals surface area contributed by atoms with Crippen molar-refractivity contribution in [1.82, 2.24) is 15.2 Å². The highest BCUT2D eigenvalue weighted by molar-refractivity contribution is 7.92. The number of pyridine rings is 1. The molecule has 0 aromatic carbocycles. The van der Waals surface area contributed by atoms with Gasteiger partial charge in [-0.05, 0) is 12.1 Å². The van der Waals surface area contributed by atoms with Gasteiger partial charge in [0.05, 0.1) is 5.69 Å². The Kier molecular flexibility index (Phi) is 3.44. The number of nitrogens with one attached hydrogen (secondary N) is 3. The van der Waals surface area contributed by atoms with Crippen LogP contribution in [0.2, 0.25) is 0 Å². The van der Waals surface area contributed by atoms with Crippen LogP contribution in [0.15, 0.2) is 40.3 Å². The van der Waals surface area contributed by atoms with Crippen LogP contribution in [0.1, 0.15) is 0 Å². The summed E-state index contributed by atoms with van der Waals surface area (Å²) in [5.74, 6) is 5.21. The number of sulfonamides is 1. The summed E-state index contributed by atoms with van der Waals surface area (Å²) in [5.41, 5.74) is 2.01. The minimum atomic E-state index is -3.91. The van der Waals surface area contributed by atoms with Gasteiger partial charge in [-0.15, -0.1) is 0 Å². The van der Waals surface area contributed by atoms with E-state index in [9.17, 15) is 13.2 Å². The summed E-state index contributed by atoms with van der Waals surface area (Å²) >= 11 is 0. The maximum Gasteiger partial charge on any atom is 0.266 e. The van der Waals surface area contributed by atoms with E-state index in [0.29, 0.717) is 0 Å². The molecule has 0 aliphatic heterocycles. The highest BCUT2D eigenvalue weighted by Crippen LogP contribution is 2.20. The largest absolute Gasteiger partial charge is 0.323 e. The van der Waals surface area contributed by atoms with Gasteiger partial charge < -0.3 is 5.43 Å². The predicted octanol–water partition coefficient (Wildman–Crippen LogP) is -0.749. The molecule has 0 atom stereocenters. The van der Waals surface area contributed by atoms with Gasteiger partial charge in [0.25, 0.3) is 15.6 Å². The Labute approximate surface area is 107 Å². The Hall–Kier alpha value is -2.46. The van der Waals surface area contributed by atoms with Crippen molar-refractivity contribution >= 4 is 21.5 Å². The second-order valence-corrected chi connectivity index (χ2v) is 5.08. The molecule has 0 radical (unpaired) electrons. The quantitative estimate of drug-likeness (QED) is 0.426. The summed E-state index contributed by atoms with van der Waals surface area (Å²) in [6.07, 6.45) is 2.54. The van der Waals surface area contributed by atoms with Gasteiger partial charge in [0, 0.05) is 18.5 Å². The number of nitrogens with zero attached hydrogens (tertiary/aromatic N) is 2. The van der Waals surface area contributed by atoms with E-state index in [2.05, 4.69) is 25.3 Å². The van der Waals surface area contributed by atoms with Crippen LogP contribution < -0.4 is 21.5 Å². The lowest BCUT2D eigenvalue weighted by molar-refractivity contribution is 0.600. The third-order valence-electron chi connectivity index (χ3n) is 2.15. The van der Waals surface area contributed by atoms with Crippen molar-refractivity contribution in [1.29, 1.82) is 0 Å². The lowest BCUT2D eigenvalue weighted by Crippen LogP contribution is -2.19. The molecule has 0 bridgehead atoms. The Bertz CT molecular complexity index is 721. The smallest absolute Gasteiger partial charge is 0.266 e. The number of hydrazine groups is 1. The van der Waals surface area contributed by atoms with Crippen LogP contribution in [-0.4, -0.2) is 23.6 Å². The molecule has 10 heteroatoms. The van der Waals surface area contributed by atoms with Crippen LogP contribution in [0.3, 0.4) is 0 Å². The molecular formula is C9H10N6O3S. The first-order valence-corrected chi connectivity index (χ1v) is 6.50. The van der Waals surface area contributed by atoms with Gasteiger partial charge in [-0.25, -0.2) is 13.5 Å². The molecule has 0 saturated carbocycles. The summed E-state index contributed by atoms with van der Waals surface area (Å²) in [6.45, 7) is 0. The zero-order valence-corrected chi connectivity index (χ0v) is 10.3. The fraction of sp³-hybridized carbons (Fsp3) is 0. The van der Waals surface area contributed by atoms with Crippen LogP contribution in [0.5, 0.6) is 0 Å². The number of aromatic amines is 1. The van der Waals surface area contributed by atoms with Crippen LogP contribution >= 0.6 is 0 Å². The predicted molar refractivity (Wildman–Crippen MR) is 67.7 cm³/mol. The van der Waals surface area contributed by atoms with Gasteiger partial charge in [-0.2, -0.15) is 5.10 Å². The molecule has 9 nitrogen and oxygen atoms in total. The van der Waals surface area contributed by atoms with Crippen LogP contribution in [0, 0.1) is 0 Å². The van der Waals surface area contributed by atoms with Crippen molar-refractivity contribution in [2.24, 2.45) is 5.84 Å². The van der Waals surface area contributed by atoms with Crippen molar-refractivity contribution in [2.45, 2.75) is 4.90 Å². The Morgan fingerprint density at radius 3 is 2.68 bits per heavy atom. The number of nitrogens with two attached hydrogens (primary N) is 1. The molecule has 0 unspecified atom stereocenters. The fourth-order valence-corrected chi connectivity index (χ4v) is 2.42. The van der Waals surface area contributed by atoms with E-state index in [1.54, 1.807) is 0 Å². The van der Waals surface area contributed by atoms with Gasteiger partial charge in [0.15, 0.2) is 5.82 Å². The number of hydrogen-bond donors (Lipinski definition) is 4. The first-order chi connectivity index (χ1) is 9.03. The molecular weight excluding hydrogens is 272 g/mol. The summed E-state index contributed by atoms with van der Waals surface area (Å²) in [7, 11) is -3.91. The van der Waals surface area contributed by atoms with Gasteiger partial charge in [0.2, 0.25) is 0 Å². The van der Waals surface area contributed by atoms with E-state index >= 15 is 0 Å². The summed E-state index contributed by atoms with van der Waals surface area (Å²) in [6, 6.07) is 3.80. The second kappa shape index (κ2) is 5.04. The average molecular weight is 282 g/mol. The topological polar surface area (TPSA) is 143 Å². The number of aromatic nitrogens is 3. The van der Waals surface area contributed by atoms with Crippen molar-refractivity contribution < 1.29 is 8.42 Å². The lowest BCUT2D eigenvalue weighted by atomic mass is 10.4. The maximum absolute atomic E-state index is 12.1. The molecule has 2 aromatic heterocycles. The van der Waals surface area contributed by atoms with Crippen LogP contribution in [0.25, 0.3) is 0 Å². The molecule has 2 heterocycles. The standard InChI is InChI=1S/C9H10N6O3S/c10-12-6-3-4-11-5-7(6)19(17,18)15-8-1-2-9(16)14-13-8/h1-5H,10H2,(H,11,12)(H,13,15)(H,14,16). The van der Waals surface area contributed by atoms with Gasteiger partial charge in [0.1, 0.15) is 4.90 Å². The Morgan fingerprint density at radius 2 is 2.05 bits per heavy atom. The van der Waals surface area contributed by atoms with E-state index < -0.39 is 15.6 Å². The van der Waals surface area contributed by atoms with Crippen molar-refractivity contribution in [3.8, 4) is 0 Å². The minimum Gasteiger partial charge on any atom is -0.323 e.